The van der Waals surface area contributed by atoms with Crippen molar-refractivity contribution in [3.63, 3.8) is 0 Å². The summed E-state index contributed by atoms with van der Waals surface area (Å²) in [5.41, 5.74) is 1.75. The van der Waals surface area contributed by atoms with Gasteiger partial charge in [0, 0.05) is 5.92 Å². The molecular weight excluding hydrogens is 458 g/mol. The predicted octanol–water partition coefficient (Wildman–Crippen LogP) is 1.77. The number of likely N-dealkylation sites (tertiary alicyclic amines) is 1. The number of methoxy groups -OCH3 is 1. The largest absolute Gasteiger partial charge is 0.459 e. The first kappa shape index (κ1) is 26.8. The third-order valence-electron chi connectivity index (χ3n) is 6.78. The van der Waals surface area contributed by atoms with Crippen molar-refractivity contribution in [2.45, 2.75) is 51.7 Å². The van der Waals surface area contributed by atoms with Crippen molar-refractivity contribution in [1.82, 2.24) is 4.90 Å². The topological polar surface area (TPSA) is 158 Å². The molecule has 2 heterocycles. The van der Waals surface area contributed by atoms with Crippen LogP contribution in [-0.2, 0) is 20.9 Å². The fourth-order valence-electron chi connectivity index (χ4n) is 5.20. The molecule has 1 aromatic heterocycles. The summed E-state index contributed by atoms with van der Waals surface area (Å²) in [6.45, 7) is 0.850. The molecule has 4 N–H and O–H groups in total. The molecule has 10 nitrogen and oxygen atoms in total. The molecule has 35 heavy (non-hydrogen) atoms. The molecular formula is C25H33NO9. The number of allylic oxidation sites excluding steroid dienone is 1. The average molecular weight is 492 g/mol. The molecule has 1 aliphatic heterocycles. The highest BCUT2D eigenvalue weighted by molar-refractivity contribution is 6.15. The fourth-order valence-corrected chi connectivity index (χ4v) is 5.20. The highest BCUT2D eigenvalue weighted by Crippen LogP contribution is 2.46. The van der Waals surface area contributed by atoms with E-state index in [1.807, 2.05) is 13.0 Å². The summed E-state index contributed by atoms with van der Waals surface area (Å²) < 4.78 is 10.1. The van der Waals surface area contributed by atoms with Gasteiger partial charge in [-0.2, -0.15) is 4.90 Å². The summed E-state index contributed by atoms with van der Waals surface area (Å²) in [6.07, 6.45) is 2.08. The predicted molar refractivity (Wildman–Crippen MR) is 123 cm³/mol. The molecule has 192 valence electrons. The molecule has 0 spiro atoms. The van der Waals surface area contributed by atoms with Gasteiger partial charge in [-0.25, -0.2) is 4.79 Å². The lowest BCUT2D eigenvalue weighted by Gasteiger charge is -2.36. The van der Waals surface area contributed by atoms with Crippen LogP contribution in [0.1, 0.15) is 50.5 Å². The van der Waals surface area contributed by atoms with Gasteiger partial charge in [0.2, 0.25) is 11.8 Å². The molecule has 1 saturated heterocycles. The van der Waals surface area contributed by atoms with Crippen LogP contribution in [0.2, 0.25) is 0 Å². The Kier molecular flexibility index (Phi) is 9.01. The normalized spacial score (nSPS) is 23.7. The van der Waals surface area contributed by atoms with Gasteiger partial charge in [-0.1, -0.05) is 18.9 Å². The highest BCUT2D eigenvalue weighted by Gasteiger charge is 2.57. The molecule has 0 saturated carbocycles. The fraction of sp³-hybridized carbons (Fsp3) is 0.560. The van der Waals surface area contributed by atoms with Gasteiger partial charge < -0.3 is 29.6 Å². The zero-order chi connectivity index (χ0) is 25.7. The second-order valence-electron chi connectivity index (χ2n) is 8.89. The van der Waals surface area contributed by atoms with Crippen molar-refractivity contribution in [3.8, 4) is 0 Å². The van der Waals surface area contributed by atoms with Gasteiger partial charge >= 0.3 is 6.09 Å². The summed E-state index contributed by atoms with van der Waals surface area (Å²) in [4.78, 5) is 38.2. The van der Waals surface area contributed by atoms with Gasteiger partial charge in [0.05, 0.1) is 38.3 Å². The van der Waals surface area contributed by atoms with E-state index in [2.05, 4.69) is 4.74 Å². The van der Waals surface area contributed by atoms with Crippen LogP contribution in [0, 0.1) is 17.8 Å². The number of hydrogen-bond acceptors (Lipinski definition) is 9. The third-order valence-corrected chi connectivity index (χ3v) is 6.78. The van der Waals surface area contributed by atoms with Crippen LogP contribution in [0.3, 0.4) is 0 Å². The van der Waals surface area contributed by atoms with E-state index in [1.54, 1.807) is 12.1 Å². The first-order valence-corrected chi connectivity index (χ1v) is 11.8. The summed E-state index contributed by atoms with van der Waals surface area (Å²) in [7, 11) is 1.07. The summed E-state index contributed by atoms with van der Waals surface area (Å²) in [5, 5.41) is 40.5. The third kappa shape index (κ3) is 5.40. The molecule has 0 bridgehead atoms. The highest BCUT2D eigenvalue weighted by atomic mass is 16.5. The minimum absolute atomic E-state index is 0.0100. The first-order valence-electron chi connectivity index (χ1n) is 11.8. The Morgan fingerprint density at radius 1 is 1.20 bits per heavy atom. The molecule has 3 amide bonds. The van der Waals surface area contributed by atoms with Crippen molar-refractivity contribution in [2.24, 2.45) is 17.8 Å². The van der Waals surface area contributed by atoms with Crippen molar-refractivity contribution >= 4 is 24.0 Å². The molecule has 0 radical (unpaired) electrons. The van der Waals surface area contributed by atoms with Gasteiger partial charge in [0.15, 0.2) is 0 Å². The lowest BCUT2D eigenvalue weighted by atomic mass is 9.68. The number of amides is 3. The quantitative estimate of drug-likeness (QED) is 0.283. The number of ether oxygens (including phenoxy) is 1. The number of aliphatic hydroxyl groups is 4. The monoisotopic (exact) mass is 491 g/mol. The number of imide groups is 3. The molecule has 4 atom stereocenters. The van der Waals surface area contributed by atoms with Crippen molar-refractivity contribution < 1.29 is 44.0 Å². The molecule has 3 rings (SSSR count). The maximum atomic E-state index is 13.0. The van der Waals surface area contributed by atoms with Gasteiger partial charge in [-0.3, -0.25) is 9.59 Å². The van der Waals surface area contributed by atoms with E-state index in [1.165, 1.54) is 0 Å². The second kappa shape index (κ2) is 11.8. The zero-order valence-corrected chi connectivity index (χ0v) is 20.0. The van der Waals surface area contributed by atoms with Gasteiger partial charge in [-0.05, 0) is 55.0 Å². The Morgan fingerprint density at radius 2 is 1.94 bits per heavy atom. The first-order chi connectivity index (χ1) is 16.8. The van der Waals surface area contributed by atoms with E-state index < -0.39 is 55.0 Å². The van der Waals surface area contributed by atoms with Gasteiger partial charge in [0.1, 0.15) is 18.1 Å². The van der Waals surface area contributed by atoms with E-state index >= 15 is 0 Å². The summed E-state index contributed by atoms with van der Waals surface area (Å²) in [5.74, 6) is -3.29. The molecule has 1 fully saturated rings. The van der Waals surface area contributed by atoms with Crippen LogP contribution >= 0.6 is 0 Å². The van der Waals surface area contributed by atoms with Crippen LogP contribution in [0.5, 0.6) is 0 Å². The van der Waals surface area contributed by atoms with Crippen LogP contribution in [0.25, 0.3) is 6.08 Å². The molecule has 0 unspecified atom stereocenters. The summed E-state index contributed by atoms with van der Waals surface area (Å²) >= 11 is 0. The number of fused-ring (bicyclic) bond motifs is 1. The maximum Gasteiger partial charge on any atom is 0.423 e. The van der Waals surface area contributed by atoms with Crippen LogP contribution in [0.15, 0.2) is 33.3 Å². The van der Waals surface area contributed by atoms with E-state index in [-0.39, 0.29) is 19.4 Å². The number of rotatable bonds is 10. The number of furan rings is 1. The standard InChI is InChI=1S/C25H33NO9/c1-3-4-14(9-16-6-7-17(12-28)35-16)5-8-20(30)21-15(11-27)10-18-22(19(21)13-29)24(32)26(23(18)31)25(33)34-2/h6-7,9,18-20,22,27-30H,3-5,8,10-13H2,1-2H3/b14-9+/t18-,19+,20-,22-/m1/s1. The Morgan fingerprint density at radius 3 is 2.51 bits per heavy atom. The number of hydrogen-bond donors (Lipinski definition) is 4. The molecule has 1 aromatic rings. The van der Waals surface area contributed by atoms with Crippen molar-refractivity contribution in [1.29, 1.82) is 0 Å². The number of carbonyl (C=O) groups excluding carboxylic acids is 3. The lowest BCUT2D eigenvalue weighted by Crippen LogP contribution is -2.40. The number of carbonyl (C=O) groups is 3. The Hall–Kier alpha value is -2.79. The summed E-state index contributed by atoms with van der Waals surface area (Å²) in [6, 6.07) is 3.44. The minimum Gasteiger partial charge on any atom is -0.459 e. The maximum absolute atomic E-state index is 13.0. The van der Waals surface area contributed by atoms with E-state index in [9.17, 15) is 34.8 Å². The van der Waals surface area contributed by atoms with E-state index in [0.717, 1.165) is 25.5 Å². The molecule has 10 heteroatoms. The number of nitrogens with zero attached hydrogens (tertiary/aromatic N) is 1. The second-order valence-corrected chi connectivity index (χ2v) is 8.89. The van der Waals surface area contributed by atoms with E-state index in [4.69, 9.17) is 4.42 Å². The van der Waals surface area contributed by atoms with Gasteiger partial charge in [-0.15, -0.1) is 0 Å². The van der Waals surface area contributed by atoms with E-state index in [0.29, 0.717) is 34.0 Å². The molecule has 1 aliphatic carbocycles. The Labute approximate surface area is 203 Å². The van der Waals surface area contributed by atoms with Crippen LogP contribution in [0.4, 0.5) is 4.79 Å². The minimum atomic E-state index is -1.09. The van der Waals surface area contributed by atoms with Crippen LogP contribution in [-0.4, -0.2) is 69.7 Å². The van der Waals surface area contributed by atoms with Crippen LogP contribution < -0.4 is 0 Å². The Balaban J connectivity index is 1.83. The SMILES string of the molecule is CCC/C(=C\c1ccc(CO)o1)CC[C@@H](O)C1=C(CO)C[C@H]2C(=O)N(C(=O)OC)C(=O)[C@H]2[C@H]1CO. The Bertz CT molecular complexity index is 1010. The van der Waals surface area contributed by atoms with Crippen molar-refractivity contribution in [2.75, 3.05) is 20.3 Å². The number of aliphatic hydroxyl groups excluding tert-OH is 4. The van der Waals surface area contributed by atoms with Crippen molar-refractivity contribution in [3.05, 3.63) is 40.4 Å². The lowest BCUT2D eigenvalue weighted by molar-refractivity contribution is -0.137. The zero-order valence-electron chi connectivity index (χ0n) is 20.0. The molecule has 2 aliphatic rings. The molecule has 0 aromatic carbocycles. The average Bonchev–Trinajstić information content (AvgIpc) is 3.42. The smallest absolute Gasteiger partial charge is 0.423 e. The van der Waals surface area contributed by atoms with Gasteiger partial charge in [0.25, 0.3) is 0 Å².